The molecule has 0 radical (unpaired) electrons. The molecule has 34 heavy (non-hydrogen) atoms. The normalized spacial score (nSPS) is 11.2. The van der Waals surface area contributed by atoms with Gasteiger partial charge in [-0.3, -0.25) is 19.2 Å². The van der Waals surface area contributed by atoms with Gasteiger partial charge in [0.1, 0.15) is 6.54 Å². The van der Waals surface area contributed by atoms with Gasteiger partial charge in [0.15, 0.2) is 4.34 Å². The van der Waals surface area contributed by atoms with Crippen LogP contribution in [0.1, 0.15) is 5.56 Å². The van der Waals surface area contributed by atoms with Crippen molar-refractivity contribution in [3.8, 4) is 0 Å². The van der Waals surface area contributed by atoms with E-state index in [0.717, 1.165) is 33.0 Å². The number of nitrogens with one attached hydrogen (secondary N) is 1. The molecule has 1 heterocycles. The molecule has 0 atom stereocenters. The molecule has 180 valence electrons. The molecule has 0 aliphatic heterocycles. The molecule has 0 bridgehead atoms. The SMILES string of the molecule is COC(=O)CSc1nnc(NC(=O)CN(c2cc(Cl)cc(Cl)c2)S(=O)(=O)c2ccc(C)cc2)s1. The Morgan fingerprint density at radius 3 is 2.38 bits per heavy atom. The lowest BCUT2D eigenvalue weighted by Gasteiger charge is -2.24. The van der Waals surface area contributed by atoms with Gasteiger partial charge in [-0.2, -0.15) is 0 Å². The number of anilines is 2. The molecule has 1 aromatic heterocycles. The minimum Gasteiger partial charge on any atom is -0.468 e. The van der Waals surface area contributed by atoms with Crippen molar-refractivity contribution < 1.29 is 22.7 Å². The van der Waals surface area contributed by atoms with Crippen LogP contribution in [-0.2, 0) is 24.3 Å². The number of carbonyl (C=O) groups is 2. The molecule has 0 unspecified atom stereocenters. The number of methoxy groups -OCH3 is 1. The van der Waals surface area contributed by atoms with Crippen molar-refractivity contribution in [3.05, 3.63) is 58.1 Å². The highest BCUT2D eigenvalue weighted by Gasteiger charge is 2.28. The molecular formula is C20H18Cl2N4O5S3. The maximum Gasteiger partial charge on any atom is 0.316 e. The van der Waals surface area contributed by atoms with Gasteiger partial charge in [0, 0.05) is 10.0 Å². The quantitative estimate of drug-likeness (QED) is 0.234. The Morgan fingerprint density at radius 1 is 1.12 bits per heavy atom. The van der Waals surface area contributed by atoms with Gasteiger partial charge in [-0.05, 0) is 37.3 Å². The first-order valence-corrected chi connectivity index (χ1v) is 13.5. The van der Waals surface area contributed by atoms with Gasteiger partial charge in [-0.25, -0.2) is 8.42 Å². The van der Waals surface area contributed by atoms with Crippen molar-refractivity contribution in [2.45, 2.75) is 16.2 Å². The lowest BCUT2D eigenvalue weighted by Crippen LogP contribution is -2.38. The van der Waals surface area contributed by atoms with Crippen molar-refractivity contribution >= 4 is 79.0 Å². The zero-order valence-electron chi connectivity index (χ0n) is 17.8. The Bertz CT molecular complexity index is 1280. The first kappa shape index (κ1) is 26.2. The summed E-state index contributed by atoms with van der Waals surface area (Å²) in [7, 11) is -2.86. The number of amides is 1. The molecule has 3 rings (SSSR count). The monoisotopic (exact) mass is 560 g/mol. The van der Waals surface area contributed by atoms with Gasteiger partial charge < -0.3 is 4.74 Å². The van der Waals surface area contributed by atoms with E-state index in [4.69, 9.17) is 23.2 Å². The zero-order chi connectivity index (χ0) is 24.9. The Morgan fingerprint density at radius 2 is 1.76 bits per heavy atom. The average molecular weight is 561 g/mol. The highest BCUT2D eigenvalue weighted by molar-refractivity contribution is 8.01. The predicted octanol–water partition coefficient (Wildman–Crippen LogP) is 4.25. The average Bonchev–Trinajstić information content (AvgIpc) is 3.22. The van der Waals surface area contributed by atoms with Gasteiger partial charge >= 0.3 is 5.97 Å². The van der Waals surface area contributed by atoms with Crippen LogP contribution in [0.3, 0.4) is 0 Å². The van der Waals surface area contributed by atoms with Crippen LogP contribution >= 0.6 is 46.3 Å². The second-order valence-corrected chi connectivity index (χ2v) is 11.7. The van der Waals surface area contributed by atoms with Gasteiger partial charge in [0.25, 0.3) is 10.0 Å². The second-order valence-electron chi connectivity index (χ2n) is 6.74. The van der Waals surface area contributed by atoms with Crippen molar-refractivity contribution in [2.75, 3.05) is 29.0 Å². The Balaban J connectivity index is 1.84. The number of nitrogens with zero attached hydrogens (tertiary/aromatic N) is 3. The maximum absolute atomic E-state index is 13.4. The van der Waals surface area contributed by atoms with Crippen LogP contribution in [0.15, 0.2) is 51.7 Å². The van der Waals surface area contributed by atoms with Gasteiger partial charge in [-0.15, -0.1) is 10.2 Å². The van der Waals surface area contributed by atoms with Crippen molar-refractivity contribution in [3.63, 3.8) is 0 Å². The topological polar surface area (TPSA) is 119 Å². The molecule has 1 N–H and O–H groups in total. The number of sulfonamides is 1. The van der Waals surface area contributed by atoms with Crippen LogP contribution in [0.2, 0.25) is 10.0 Å². The lowest BCUT2D eigenvalue weighted by molar-refractivity contribution is -0.137. The molecule has 1 amide bonds. The van der Waals surface area contributed by atoms with Crippen LogP contribution in [0.5, 0.6) is 0 Å². The van der Waals surface area contributed by atoms with Crippen LogP contribution in [0.25, 0.3) is 0 Å². The standard InChI is InChI=1S/C20H18Cl2N4O5S3/c1-12-3-5-16(6-4-12)34(29,30)26(15-8-13(21)7-14(22)9-15)10-17(27)23-19-24-25-20(33-19)32-11-18(28)31-2/h3-9H,10-11H2,1-2H3,(H,23,24,27). The van der Waals surface area contributed by atoms with E-state index >= 15 is 0 Å². The highest BCUT2D eigenvalue weighted by Crippen LogP contribution is 2.30. The van der Waals surface area contributed by atoms with Gasteiger partial charge in [0.2, 0.25) is 11.0 Å². The van der Waals surface area contributed by atoms with E-state index in [9.17, 15) is 18.0 Å². The zero-order valence-corrected chi connectivity index (χ0v) is 21.8. The molecule has 0 spiro atoms. The molecule has 0 saturated carbocycles. The largest absolute Gasteiger partial charge is 0.468 e. The lowest BCUT2D eigenvalue weighted by atomic mass is 10.2. The number of rotatable bonds is 9. The molecule has 0 saturated heterocycles. The van der Waals surface area contributed by atoms with E-state index in [1.54, 1.807) is 12.1 Å². The third-order valence-electron chi connectivity index (χ3n) is 4.23. The fraction of sp³-hybridized carbons (Fsp3) is 0.200. The van der Waals surface area contributed by atoms with Gasteiger partial charge in [0.05, 0.1) is 23.4 Å². The molecular weight excluding hydrogens is 543 g/mol. The Hall–Kier alpha value is -2.38. The summed E-state index contributed by atoms with van der Waals surface area (Å²) < 4.78 is 32.8. The predicted molar refractivity (Wildman–Crippen MR) is 133 cm³/mol. The number of benzene rings is 2. The van der Waals surface area contributed by atoms with E-state index in [1.807, 2.05) is 6.92 Å². The van der Waals surface area contributed by atoms with E-state index in [2.05, 4.69) is 20.3 Å². The molecule has 0 aliphatic carbocycles. The van der Waals surface area contributed by atoms with Crippen molar-refractivity contribution in [1.82, 2.24) is 10.2 Å². The highest BCUT2D eigenvalue weighted by atomic mass is 35.5. The summed E-state index contributed by atoms with van der Waals surface area (Å²) in [4.78, 5) is 24.1. The first-order valence-electron chi connectivity index (χ1n) is 9.47. The fourth-order valence-corrected chi connectivity index (χ4v) is 6.14. The smallest absolute Gasteiger partial charge is 0.316 e. The van der Waals surface area contributed by atoms with E-state index in [1.165, 1.54) is 37.4 Å². The second kappa shape index (κ2) is 11.4. The minimum atomic E-state index is -4.14. The van der Waals surface area contributed by atoms with Crippen LogP contribution in [0.4, 0.5) is 10.8 Å². The summed E-state index contributed by atoms with van der Waals surface area (Å²) in [5.74, 6) is -1.05. The molecule has 9 nitrogen and oxygen atoms in total. The van der Waals surface area contributed by atoms with Crippen LogP contribution in [0, 0.1) is 6.92 Å². The number of aryl methyl sites for hydroxylation is 1. The van der Waals surface area contributed by atoms with Crippen LogP contribution < -0.4 is 9.62 Å². The summed E-state index contributed by atoms with van der Waals surface area (Å²) in [6.07, 6.45) is 0. The Kier molecular flexibility index (Phi) is 8.77. The van der Waals surface area contributed by atoms with Crippen LogP contribution in [-0.4, -0.2) is 49.9 Å². The first-order chi connectivity index (χ1) is 16.1. The van der Waals surface area contributed by atoms with E-state index in [-0.39, 0.29) is 31.5 Å². The summed E-state index contributed by atoms with van der Waals surface area (Å²) in [5.41, 5.74) is 1.01. The van der Waals surface area contributed by atoms with E-state index < -0.39 is 28.4 Å². The third-order valence-corrected chi connectivity index (χ3v) is 8.40. The summed E-state index contributed by atoms with van der Waals surface area (Å²) in [6, 6.07) is 10.5. The number of aromatic nitrogens is 2. The number of ether oxygens (including phenoxy) is 1. The minimum absolute atomic E-state index is 0.000547. The number of esters is 1. The third kappa shape index (κ3) is 6.83. The molecule has 3 aromatic rings. The Labute approximate surface area is 214 Å². The fourth-order valence-electron chi connectivity index (χ4n) is 2.62. The number of hydrogen-bond acceptors (Lipinski definition) is 9. The summed E-state index contributed by atoms with van der Waals surface area (Å²) >= 11 is 14.3. The number of carbonyl (C=O) groups excluding carboxylic acids is 2. The molecule has 0 aliphatic rings. The van der Waals surface area contributed by atoms with E-state index in [0.29, 0.717) is 4.34 Å². The van der Waals surface area contributed by atoms with Crippen molar-refractivity contribution in [1.29, 1.82) is 0 Å². The number of hydrogen-bond donors (Lipinski definition) is 1. The van der Waals surface area contributed by atoms with Gasteiger partial charge in [-0.1, -0.05) is 64.0 Å². The van der Waals surface area contributed by atoms with Crippen molar-refractivity contribution in [2.24, 2.45) is 0 Å². The molecule has 2 aromatic carbocycles. The summed E-state index contributed by atoms with van der Waals surface area (Å²) in [5, 5.41) is 10.8. The number of halogens is 2. The molecule has 0 fully saturated rings. The summed E-state index contributed by atoms with van der Waals surface area (Å²) in [6.45, 7) is 1.26. The maximum atomic E-state index is 13.4. The number of thioether (sulfide) groups is 1. The molecule has 14 heteroatoms.